The Labute approximate surface area is 194 Å². The molecule has 1 aromatic heterocycles. The first kappa shape index (κ1) is 23.2. The van der Waals surface area contributed by atoms with Crippen molar-refractivity contribution in [3.63, 3.8) is 0 Å². The summed E-state index contributed by atoms with van der Waals surface area (Å²) in [6, 6.07) is 0. The second-order valence-electron chi connectivity index (χ2n) is 9.24. The highest BCUT2D eigenvalue weighted by Gasteiger charge is 2.30. The lowest BCUT2D eigenvalue weighted by Crippen LogP contribution is -2.44. The molecule has 3 heterocycles. The minimum atomic E-state index is -0.368. The molecule has 176 valence electrons. The van der Waals surface area contributed by atoms with Crippen LogP contribution in [0.4, 0.5) is 5.00 Å². The van der Waals surface area contributed by atoms with Crippen molar-refractivity contribution in [2.45, 2.75) is 64.2 Å². The molecule has 0 spiro atoms. The number of thiophene rings is 1. The third-order valence-electron chi connectivity index (χ3n) is 7.04. The zero-order valence-corrected chi connectivity index (χ0v) is 19.9. The molecule has 0 saturated carbocycles. The molecule has 2 amide bonds. The number of aryl methyl sites for hydroxylation is 1. The number of anilines is 1. The summed E-state index contributed by atoms with van der Waals surface area (Å²) in [5, 5.41) is 3.61. The number of hydrogen-bond acceptors (Lipinski definition) is 6. The molecule has 1 N–H and O–H groups in total. The number of carbonyl (C=O) groups excluding carboxylic acids is 3. The monoisotopic (exact) mass is 461 g/mol. The smallest absolute Gasteiger partial charge is 0.341 e. The molecule has 0 radical (unpaired) electrons. The maximum atomic E-state index is 12.9. The van der Waals surface area contributed by atoms with E-state index in [4.69, 9.17) is 4.74 Å². The van der Waals surface area contributed by atoms with Gasteiger partial charge >= 0.3 is 5.97 Å². The van der Waals surface area contributed by atoms with Crippen molar-refractivity contribution in [1.82, 2.24) is 9.80 Å². The Hall–Kier alpha value is -1.93. The average molecular weight is 462 g/mol. The van der Waals surface area contributed by atoms with E-state index in [2.05, 4.69) is 15.1 Å². The number of fused-ring (bicyclic) bond motifs is 1. The zero-order valence-electron chi connectivity index (χ0n) is 19.1. The summed E-state index contributed by atoms with van der Waals surface area (Å²) in [6.07, 6.45) is 10.3. The largest absolute Gasteiger partial charge is 0.465 e. The van der Waals surface area contributed by atoms with Crippen LogP contribution in [0.2, 0.25) is 0 Å². The number of esters is 1. The van der Waals surface area contributed by atoms with Crippen molar-refractivity contribution in [3.05, 3.63) is 16.0 Å². The normalized spacial score (nSPS) is 20.3. The third-order valence-corrected chi connectivity index (χ3v) is 8.24. The van der Waals surface area contributed by atoms with Crippen molar-refractivity contribution in [2.24, 2.45) is 5.92 Å². The van der Waals surface area contributed by atoms with E-state index in [1.165, 1.54) is 36.2 Å². The van der Waals surface area contributed by atoms with E-state index in [-0.39, 0.29) is 24.3 Å². The maximum Gasteiger partial charge on any atom is 0.341 e. The molecule has 8 heteroatoms. The minimum absolute atomic E-state index is 0.0855. The average Bonchev–Trinajstić information content (AvgIpc) is 2.97. The number of hydrogen-bond donors (Lipinski definition) is 1. The first-order chi connectivity index (χ1) is 15.6. The van der Waals surface area contributed by atoms with Gasteiger partial charge in [0, 0.05) is 23.9 Å². The summed E-state index contributed by atoms with van der Waals surface area (Å²) >= 11 is 1.52. The Morgan fingerprint density at radius 1 is 0.969 bits per heavy atom. The van der Waals surface area contributed by atoms with Crippen LogP contribution >= 0.6 is 11.3 Å². The van der Waals surface area contributed by atoms with Crippen LogP contribution < -0.4 is 5.32 Å². The van der Waals surface area contributed by atoms with Gasteiger partial charge in [0.25, 0.3) is 0 Å². The quantitative estimate of drug-likeness (QED) is 0.680. The van der Waals surface area contributed by atoms with Crippen molar-refractivity contribution in [1.29, 1.82) is 0 Å². The maximum absolute atomic E-state index is 12.9. The predicted octanol–water partition coefficient (Wildman–Crippen LogP) is 3.47. The van der Waals surface area contributed by atoms with E-state index >= 15 is 0 Å². The number of rotatable bonds is 5. The molecule has 0 aromatic carbocycles. The Balaban J connectivity index is 1.31. The van der Waals surface area contributed by atoms with Gasteiger partial charge in [-0.1, -0.05) is 12.8 Å². The van der Waals surface area contributed by atoms with Crippen LogP contribution in [0.3, 0.4) is 0 Å². The topological polar surface area (TPSA) is 79.0 Å². The summed E-state index contributed by atoms with van der Waals surface area (Å²) in [4.78, 5) is 43.4. The minimum Gasteiger partial charge on any atom is -0.465 e. The molecule has 1 aliphatic carbocycles. The van der Waals surface area contributed by atoms with Gasteiger partial charge in [-0.25, -0.2) is 4.79 Å². The first-order valence-electron chi connectivity index (χ1n) is 12.1. The van der Waals surface area contributed by atoms with Gasteiger partial charge in [-0.2, -0.15) is 0 Å². The van der Waals surface area contributed by atoms with Crippen molar-refractivity contribution >= 4 is 34.1 Å². The van der Waals surface area contributed by atoms with Gasteiger partial charge in [0.2, 0.25) is 11.8 Å². The van der Waals surface area contributed by atoms with Gasteiger partial charge in [0.05, 0.1) is 19.2 Å². The Morgan fingerprint density at radius 2 is 1.66 bits per heavy atom. The lowest BCUT2D eigenvalue weighted by Gasteiger charge is -2.33. The van der Waals surface area contributed by atoms with E-state index in [0.717, 1.165) is 83.1 Å². The second-order valence-corrected chi connectivity index (χ2v) is 10.3. The lowest BCUT2D eigenvalue weighted by atomic mass is 9.95. The second kappa shape index (κ2) is 10.8. The lowest BCUT2D eigenvalue weighted by molar-refractivity contribution is -0.137. The molecule has 1 aromatic rings. The highest BCUT2D eigenvalue weighted by Crippen LogP contribution is 2.38. The zero-order chi connectivity index (χ0) is 22.5. The van der Waals surface area contributed by atoms with Gasteiger partial charge in [-0.05, 0) is 70.0 Å². The summed E-state index contributed by atoms with van der Waals surface area (Å²) in [5.74, 6) is -0.0798. The molecule has 0 bridgehead atoms. The third kappa shape index (κ3) is 5.34. The number of likely N-dealkylation sites (tertiary alicyclic amines) is 2. The number of piperidine rings is 1. The Bertz CT molecular complexity index is 837. The van der Waals surface area contributed by atoms with Crippen LogP contribution in [0.1, 0.15) is 72.2 Å². The van der Waals surface area contributed by atoms with Gasteiger partial charge < -0.3 is 15.0 Å². The Morgan fingerprint density at radius 3 is 2.34 bits per heavy atom. The molecule has 4 rings (SSSR count). The molecule has 0 atom stereocenters. The van der Waals surface area contributed by atoms with E-state index in [1.54, 1.807) is 0 Å². The number of nitrogens with zero attached hydrogens (tertiary/aromatic N) is 2. The van der Waals surface area contributed by atoms with Gasteiger partial charge in [-0.15, -0.1) is 11.3 Å². The number of nitrogens with one attached hydrogen (secondary N) is 1. The highest BCUT2D eigenvalue weighted by atomic mass is 32.1. The molecule has 0 unspecified atom stereocenters. The molecule has 2 aliphatic heterocycles. The van der Waals surface area contributed by atoms with Gasteiger partial charge in [-0.3, -0.25) is 14.5 Å². The fourth-order valence-electron chi connectivity index (χ4n) is 5.23. The number of carbonyl (C=O) groups is 3. The number of methoxy groups -OCH3 is 1. The van der Waals surface area contributed by atoms with Crippen LogP contribution in [-0.2, 0) is 27.2 Å². The highest BCUT2D eigenvalue weighted by molar-refractivity contribution is 7.17. The van der Waals surface area contributed by atoms with Crippen LogP contribution in [0.5, 0.6) is 0 Å². The van der Waals surface area contributed by atoms with Crippen molar-refractivity contribution in [3.8, 4) is 0 Å². The molecule has 32 heavy (non-hydrogen) atoms. The fourth-order valence-corrected chi connectivity index (χ4v) is 6.52. The molecule has 3 aliphatic rings. The van der Waals surface area contributed by atoms with E-state index in [9.17, 15) is 14.4 Å². The van der Waals surface area contributed by atoms with E-state index < -0.39 is 0 Å². The summed E-state index contributed by atoms with van der Waals surface area (Å²) in [7, 11) is 1.39. The van der Waals surface area contributed by atoms with Crippen LogP contribution in [0.15, 0.2) is 0 Å². The predicted molar refractivity (Wildman–Crippen MR) is 125 cm³/mol. The van der Waals surface area contributed by atoms with Crippen LogP contribution in [0.25, 0.3) is 0 Å². The standard InChI is InChI=1S/C24H35N3O4S/c1-31-24(30)21-18-8-4-5-9-19(18)32-22(21)25-20(28)16-26-14-10-17(11-15-26)23(29)27-12-6-2-3-7-13-27/h17H,2-16H2,1H3,(H,25,28). The van der Waals surface area contributed by atoms with E-state index in [0.29, 0.717) is 16.5 Å². The fraction of sp³-hybridized carbons (Fsp3) is 0.708. The van der Waals surface area contributed by atoms with Gasteiger partial charge in [0.1, 0.15) is 5.00 Å². The van der Waals surface area contributed by atoms with Crippen LogP contribution in [0, 0.1) is 5.92 Å². The summed E-state index contributed by atoms with van der Waals surface area (Å²) < 4.78 is 4.99. The van der Waals surface area contributed by atoms with Gasteiger partial charge in [0.15, 0.2) is 0 Å². The number of amides is 2. The summed E-state index contributed by atoms with van der Waals surface area (Å²) in [6.45, 7) is 3.59. The van der Waals surface area contributed by atoms with E-state index in [1.807, 2.05) is 0 Å². The SMILES string of the molecule is COC(=O)c1c(NC(=O)CN2CCC(C(=O)N3CCCCCC3)CC2)sc2c1CCCC2. The van der Waals surface area contributed by atoms with Crippen molar-refractivity contribution < 1.29 is 19.1 Å². The Kier molecular flexibility index (Phi) is 7.84. The molecular weight excluding hydrogens is 426 g/mol. The van der Waals surface area contributed by atoms with Crippen molar-refractivity contribution in [2.75, 3.05) is 45.2 Å². The summed E-state index contributed by atoms with van der Waals surface area (Å²) in [5.41, 5.74) is 1.60. The molecule has 2 saturated heterocycles. The molecule has 7 nitrogen and oxygen atoms in total. The first-order valence-corrected chi connectivity index (χ1v) is 12.9. The molecule has 2 fully saturated rings. The molecular formula is C24H35N3O4S. The number of ether oxygens (including phenoxy) is 1. The van der Waals surface area contributed by atoms with Crippen LogP contribution in [-0.4, -0.2) is 67.4 Å².